The van der Waals surface area contributed by atoms with Gasteiger partial charge in [0.25, 0.3) is 5.91 Å². The largest absolute Gasteiger partial charge is 0.494 e. The van der Waals surface area contributed by atoms with Gasteiger partial charge >= 0.3 is 0 Å². The average Bonchev–Trinajstić information content (AvgIpc) is 3.45. The van der Waals surface area contributed by atoms with Crippen LogP contribution in [0.1, 0.15) is 80.0 Å². The van der Waals surface area contributed by atoms with Crippen molar-refractivity contribution in [3.63, 3.8) is 0 Å². The van der Waals surface area contributed by atoms with Crippen molar-refractivity contribution >= 4 is 5.91 Å². The number of aliphatic hydroxyl groups is 1. The molecule has 0 saturated heterocycles. The Balaban J connectivity index is 1.94. The Morgan fingerprint density at radius 1 is 1.38 bits per heavy atom. The van der Waals surface area contributed by atoms with E-state index in [0.717, 1.165) is 18.5 Å². The Morgan fingerprint density at radius 3 is 2.46 bits per heavy atom. The lowest BCUT2D eigenvalue weighted by molar-refractivity contribution is 0.0775. The van der Waals surface area contributed by atoms with E-state index < -0.39 is 5.54 Å². The van der Waals surface area contributed by atoms with Crippen LogP contribution in [0.5, 0.6) is 5.75 Å². The number of carbonyl (C=O) groups excluding carboxylic acids is 1. The van der Waals surface area contributed by atoms with Gasteiger partial charge in [0, 0.05) is 11.6 Å². The second-order valence-corrected chi connectivity index (χ2v) is 7.75. The van der Waals surface area contributed by atoms with Crippen molar-refractivity contribution in [1.29, 1.82) is 0 Å². The number of amides is 1. The summed E-state index contributed by atoms with van der Waals surface area (Å²) in [6, 6.07) is 2.01. The molecule has 1 amide bonds. The number of hydrogen-bond donors (Lipinski definition) is 2. The molecule has 1 aromatic heterocycles. The Labute approximate surface area is 143 Å². The lowest BCUT2D eigenvalue weighted by Gasteiger charge is -2.33. The van der Waals surface area contributed by atoms with Crippen molar-refractivity contribution in [2.75, 3.05) is 13.7 Å². The number of ether oxygens (including phenoxy) is 1. The molecule has 0 aromatic carbocycles. The summed E-state index contributed by atoms with van der Waals surface area (Å²) < 4.78 is 5.46. The summed E-state index contributed by atoms with van der Waals surface area (Å²) in [5, 5.41) is 12.6. The Kier molecular flexibility index (Phi) is 4.56. The predicted octanol–water partition coefficient (Wildman–Crippen LogP) is 2.98. The van der Waals surface area contributed by atoms with Crippen LogP contribution in [0.3, 0.4) is 0 Å². The van der Waals surface area contributed by atoms with Crippen molar-refractivity contribution in [2.24, 2.45) is 5.92 Å². The molecular formula is C19H28N2O3. The van der Waals surface area contributed by atoms with E-state index in [4.69, 9.17) is 9.72 Å². The van der Waals surface area contributed by atoms with Gasteiger partial charge in [-0.25, -0.2) is 4.98 Å². The van der Waals surface area contributed by atoms with Gasteiger partial charge < -0.3 is 15.2 Å². The highest BCUT2D eigenvalue weighted by atomic mass is 16.5. The zero-order valence-electron chi connectivity index (χ0n) is 15.1. The molecule has 5 heteroatoms. The number of nitrogens with one attached hydrogen (secondary N) is 1. The summed E-state index contributed by atoms with van der Waals surface area (Å²) in [5.74, 6) is 1.43. The van der Waals surface area contributed by atoms with Crippen molar-refractivity contribution < 1.29 is 14.6 Å². The Hall–Kier alpha value is -1.62. The molecule has 2 fully saturated rings. The van der Waals surface area contributed by atoms with E-state index in [1.165, 1.54) is 18.4 Å². The van der Waals surface area contributed by atoms with Crippen molar-refractivity contribution in [1.82, 2.24) is 10.3 Å². The molecule has 0 bridgehead atoms. The van der Waals surface area contributed by atoms with Gasteiger partial charge in [-0.1, -0.05) is 13.8 Å². The fourth-order valence-corrected chi connectivity index (χ4v) is 2.93. The summed E-state index contributed by atoms with van der Waals surface area (Å²) in [7, 11) is 1.58. The topological polar surface area (TPSA) is 71.5 Å². The molecule has 2 N–H and O–H groups in total. The highest BCUT2D eigenvalue weighted by Gasteiger charge is 2.37. The molecule has 2 aliphatic rings. The van der Waals surface area contributed by atoms with Crippen LogP contribution in [-0.4, -0.2) is 35.3 Å². The zero-order valence-corrected chi connectivity index (χ0v) is 15.1. The fourth-order valence-electron chi connectivity index (χ4n) is 2.93. The minimum atomic E-state index is -0.682. The molecule has 2 aliphatic carbocycles. The normalized spacial score (nSPS) is 19.9. The molecule has 132 valence electrons. The Bertz CT molecular complexity index is 636. The molecule has 0 aliphatic heterocycles. The Morgan fingerprint density at radius 2 is 2.00 bits per heavy atom. The number of aliphatic hydroxyl groups excluding tert-OH is 1. The van der Waals surface area contributed by atoms with E-state index in [0.29, 0.717) is 23.3 Å². The number of carbonyl (C=O) groups is 1. The maximum Gasteiger partial charge on any atom is 0.274 e. The van der Waals surface area contributed by atoms with E-state index in [-0.39, 0.29) is 18.4 Å². The molecule has 1 aromatic rings. The monoisotopic (exact) mass is 332 g/mol. The molecule has 0 radical (unpaired) electrons. The smallest absolute Gasteiger partial charge is 0.274 e. The number of pyridine rings is 1. The first-order valence-electron chi connectivity index (χ1n) is 8.91. The maximum atomic E-state index is 12.8. The van der Waals surface area contributed by atoms with E-state index in [2.05, 4.69) is 5.32 Å². The fraction of sp³-hybridized carbons (Fsp3) is 0.684. The quantitative estimate of drug-likeness (QED) is 0.805. The third kappa shape index (κ3) is 3.27. The summed E-state index contributed by atoms with van der Waals surface area (Å²) in [5.41, 5.74) is 2.00. The molecule has 1 atom stereocenters. The van der Waals surface area contributed by atoms with Crippen LogP contribution in [0.2, 0.25) is 0 Å². The second-order valence-electron chi connectivity index (χ2n) is 7.75. The third-order valence-electron chi connectivity index (χ3n) is 5.47. The van der Waals surface area contributed by atoms with Crippen molar-refractivity contribution in [3.05, 3.63) is 23.0 Å². The summed E-state index contributed by atoms with van der Waals surface area (Å²) in [6.07, 6.45) is 4.71. The van der Waals surface area contributed by atoms with Crippen LogP contribution in [0.4, 0.5) is 0 Å². The first kappa shape index (κ1) is 17.2. The minimum absolute atomic E-state index is 0.103. The van der Waals surface area contributed by atoms with Crippen LogP contribution in [0.25, 0.3) is 0 Å². The van der Waals surface area contributed by atoms with Gasteiger partial charge in [0.2, 0.25) is 0 Å². The molecule has 3 rings (SSSR count). The van der Waals surface area contributed by atoms with E-state index in [1.54, 1.807) is 7.11 Å². The molecule has 24 heavy (non-hydrogen) atoms. The average molecular weight is 332 g/mol. The lowest BCUT2D eigenvalue weighted by Crippen LogP contribution is -2.53. The van der Waals surface area contributed by atoms with Gasteiger partial charge in [-0.05, 0) is 56.1 Å². The van der Waals surface area contributed by atoms with Gasteiger partial charge in [-0.3, -0.25) is 4.79 Å². The molecule has 0 unspecified atom stereocenters. The predicted molar refractivity (Wildman–Crippen MR) is 92.5 cm³/mol. The summed E-state index contributed by atoms with van der Waals surface area (Å²) in [4.78, 5) is 17.6. The number of rotatable bonds is 7. The van der Waals surface area contributed by atoms with Crippen LogP contribution < -0.4 is 10.1 Å². The minimum Gasteiger partial charge on any atom is -0.494 e. The molecular weight excluding hydrogens is 304 g/mol. The molecule has 5 nitrogen and oxygen atoms in total. The van der Waals surface area contributed by atoms with Crippen LogP contribution in [0, 0.1) is 5.92 Å². The van der Waals surface area contributed by atoms with E-state index >= 15 is 0 Å². The summed E-state index contributed by atoms with van der Waals surface area (Å²) >= 11 is 0. The number of aromatic nitrogens is 1. The van der Waals surface area contributed by atoms with Gasteiger partial charge in [0.05, 0.1) is 19.3 Å². The van der Waals surface area contributed by atoms with Crippen molar-refractivity contribution in [3.8, 4) is 5.75 Å². The first-order valence-corrected chi connectivity index (χ1v) is 8.91. The third-order valence-corrected chi connectivity index (χ3v) is 5.47. The number of nitrogens with zero attached hydrogens (tertiary/aromatic N) is 1. The van der Waals surface area contributed by atoms with Crippen LogP contribution in [0.15, 0.2) is 6.07 Å². The SMILES string of the molecule is COc1cc(C2CC2)c(C2CC2)nc1C(=O)N[C@@](C)(CO)C(C)C. The first-order chi connectivity index (χ1) is 11.4. The standard InChI is InChI=1S/C19H28N2O3/c1-11(2)19(3,10-22)21-18(23)17-15(24-4)9-14(12-5-6-12)16(20-17)13-7-8-13/h9,11-13,22H,5-8,10H2,1-4H3,(H,21,23)/t19-/m0/s1. The second kappa shape index (κ2) is 6.36. The van der Waals surface area contributed by atoms with Crippen LogP contribution in [-0.2, 0) is 0 Å². The van der Waals surface area contributed by atoms with Gasteiger partial charge in [-0.2, -0.15) is 0 Å². The van der Waals surface area contributed by atoms with Gasteiger partial charge in [0.1, 0.15) is 0 Å². The number of hydrogen-bond acceptors (Lipinski definition) is 4. The molecule has 0 spiro atoms. The van der Waals surface area contributed by atoms with Gasteiger partial charge in [-0.15, -0.1) is 0 Å². The van der Waals surface area contributed by atoms with Crippen molar-refractivity contribution in [2.45, 2.75) is 63.8 Å². The maximum absolute atomic E-state index is 12.8. The van der Waals surface area contributed by atoms with E-state index in [9.17, 15) is 9.90 Å². The summed E-state index contributed by atoms with van der Waals surface area (Å²) in [6.45, 7) is 5.69. The van der Waals surface area contributed by atoms with Crippen LogP contribution >= 0.6 is 0 Å². The van der Waals surface area contributed by atoms with Gasteiger partial charge in [0.15, 0.2) is 11.4 Å². The van der Waals surface area contributed by atoms with E-state index in [1.807, 2.05) is 26.8 Å². The lowest BCUT2D eigenvalue weighted by atomic mass is 9.89. The molecule has 2 saturated carbocycles. The highest BCUT2D eigenvalue weighted by molar-refractivity contribution is 5.95. The zero-order chi connectivity index (χ0) is 17.5. The number of methoxy groups -OCH3 is 1. The highest BCUT2D eigenvalue weighted by Crippen LogP contribution is 2.49. The molecule has 1 heterocycles.